The Morgan fingerprint density at radius 3 is 2.20 bits per heavy atom. The van der Waals surface area contributed by atoms with Crippen LogP contribution in [-0.4, -0.2) is 39.2 Å². The molecule has 6 heteroatoms. The van der Waals surface area contributed by atoms with Crippen LogP contribution in [0.1, 0.15) is 20.3 Å². The highest BCUT2D eigenvalue weighted by Gasteiger charge is 2.22. The molecule has 0 aromatic rings. The van der Waals surface area contributed by atoms with E-state index in [4.69, 9.17) is 15.9 Å². The molecule has 0 radical (unpaired) electrons. The molecule has 0 saturated carbocycles. The van der Waals surface area contributed by atoms with Crippen molar-refractivity contribution in [2.75, 3.05) is 5.75 Å². The van der Waals surface area contributed by atoms with Crippen LogP contribution < -0.4 is 5.73 Å². The van der Waals surface area contributed by atoms with E-state index < -0.39 is 17.2 Å². The first-order valence-corrected chi connectivity index (χ1v) is 5.71. The minimum atomic E-state index is -1.10. The van der Waals surface area contributed by atoms with Crippen molar-refractivity contribution in [3.05, 3.63) is 0 Å². The standard InChI is InChI=1S/C9H17NO4S/c1-5(2)6(10)4-15-7(9(13)14)3-8(11)12/h5-7H,3-4,10H2,1-2H3,(H,11,12)(H,13,14)/t6-,7?/m0/s1. The number of carboxylic acid groups (broad SMARTS) is 2. The number of carboxylic acids is 2. The zero-order valence-electron chi connectivity index (χ0n) is 8.84. The molecule has 0 aliphatic rings. The van der Waals surface area contributed by atoms with Gasteiger partial charge in [-0.3, -0.25) is 9.59 Å². The molecule has 5 nitrogen and oxygen atoms in total. The van der Waals surface area contributed by atoms with E-state index in [0.717, 1.165) is 11.8 Å². The Kier molecular flexibility index (Phi) is 6.35. The van der Waals surface area contributed by atoms with Gasteiger partial charge in [0, 0.05) is 11.8 Å². The van der Waals surface area contributed by atoms with Gasteiger partial charge in [-0.05, 0) is 5.92 Å². The summed E-state index contributed by atoms with van der Waals surface area (Å²) < 4.78 is 0. The smallest absolute Gasteiger partial charge is 0.317 e. The number of hydrogen-bond acceptors (Lipinski definition) is 4. The average molecular weight is 235 g/mol. The Morgan fingerprint density at radius 1 is 1.33 bits per heavy atom. The molecule has 0 rings (SSSR count). The average Bonchev–Trinajstić information content (AvgIpc) is 2.10. The van der Waals surface area contributed by atoms with Gasteiger partial charge in [-0.15, -0.1) is 11.8 Å². The van der Waals surface area contributed by atoms with E-state index in [-0.39, 0.29) is 18.4 Å². The molecule has 15 heavy (non-hydrogen) atoms. The molecule has 1 unspecified atom stereocenters. The fraction of sp³-hybridized carbons (Fsp3) is 0.778. The van der Waals surface area contributed by atoms with Crippen LogP contribution in [0.4, 0.5) is 0 Å². The van der Waals surface area contributed by atoms with Gasteiger partial charge < -0.3 is 15.9 Å². The first kappa shape index (κ1) is 14.2. The van der Waals surface area contributed by atoms with Crippen molar-refractivity contribution in [1.82, 2.24) is 0 Å². The zero-order chi connectivity index (χ0) is 12.0. The maximum absolute atomic E-state index is 10.7. The van der Waals surface area contributed by atoms with Crippen LogP contribution >= 0.6 is 11.8 Å². The predicted octanol–water partition coefficient (Wildman–Crippen LogP) is 0.631. The molecule has 0 aromatic heterocycles. The van der Waals surface area contributed by atoms with Crippen molar-refractivity contribution in [3.8, 4) is 0 Å². The SMILES string of the molecule is CC(C)[C@@H](N)CSC(CC(=O)O)C(=O)O. The first-order chi connectivity index (χ1) is 6.84. The second-order valence-electron chi connectivity index (χ2n) is 3.67. The molecule has 0 saturated heterocycles. The largest absolute Gasteiger partial charge is 0.481 e. The molecule has 0 bridgehead atoms. The van der Waals surface area contributed by atoms with Gasteiger partial charge in [-0.25, -0.2) is 0 Å². The van der Waals surface area contributed by atoms with E-state index in [0.29, 0.717) is 5.75 Å². The van der Waals surface area contributed by atoms with Gasteiger partial charge >= 0.3 is 11.9 Å². The fourth-order valence-corrected chi connectivity index (χ4v) is 2.04. The van der Waals surface area contributed by atoms with Crippen molar-refractivity contribution in [2.24, 2.45) is 11.7 Å². The normalized spacial score (nSPS) is 14.9. The van der Waals surface area contributed by atoms with Crippen LogP contribution in [0.2, 0.25) is 0 Å². The summed E-state index contributed by atoms with van der Waals surface area (Å²) in [5.74, 6) is -1.48. The molecule has 0 fully saturated rings. The van der Waals surface area contributed by atoms with Gasteiger partial charge in [-0.1, -0.05) is 13.8 Å². The number of rotatable bonds is 7. The number of aliphatic carboxylic acids is 2. The van der Waals surface area contributed by atoms with E-state index in [1.807, 2.05) is 13.8 Å². The van der Waals surface area contributed by atoms with E-state index in [2.05, 4.69) is 0 Å². The van der Waals surface area contributed by atoms with Gasteiger partial charge in [0.1, 0.15) is 5.25 Å². The summed E-state index contributed by atoms with van der Waals surface area (Å²) in [5, 5.41) is 16.3. The van der Waals surface area contributed by atoms with Crippen molar-refractivity contribution < 1.29 is 19.8 Å². The van der Waals surface area contributed by atoms with Crippen LogP contribution in [-0.2, 0) is 9.59 Å². The second-order valence-corrected chi connectivity index (χ2v) is 4.90. The van der Waals surface area contributed by atoms with Gasteiger partial charge in [0.25, 0.3) is 0 Å². The third-order valence-electron chi connectivity index (χ3n) is 1.98. The maximum atomic E-state index is 10.7. The van der Waals surface area contributed by atoms with Crippen LogP contribution in [0.5, 0.6) is 0 Å². The molecule has 4 N–H and O–H groups in total. The highest BCUT2D eigenvalue weighted by molar-refractivity contribution is 8.00. The molecule has 0 aliphatic carbocycles. The lowest BCUT2D eigenvalue weighted by Crippen LogP contribution is -2.31. The minimum Gasteiger partial charge on any atom is -0.481 e. The molecule has 88 valence electrons. The summed E-state index contributed by atoms with van der Waals surface area (Å²) >= 11 is 1.09. The molecular weight excluding hydrogens is 218 g/mol. The lowest BCUT2D eigenvalue weighted by Gasteiger charge is -2.17. The predicted molar refractivity (Wildman–Crippen MR) is 58.9 cm³/mol. The van der Waals surface area contributed by atoms with Crippen LogP contribution in [0.15, 0.2) is 0 Å². The Hall–Kier alpha value is -0.750. The fourth-order valence-electron chi connectivity index (χ4n) is 0.796. The molecule has 0 spiro atoms. The highest BCUT2D eigenvalue weighted by atomic mass is 32.2. The van der Waals surface area contributed by atoms with Crippen molar-refractivity contribution in [3.63, 3.8) is 0 Å². The minimum absolute atomic E-state index is 0.106. The molecular formula is C9H17NO4S. The first-order valence-electron chi connectivity index (χ1n) is 4.66. The molecule has 2 atom stereocenters. The van der Waals surface area contributed by atoms with Crippen molar-refractivity contribution in [1.29, 1.82) is 0 Å². The monoisotopic (exact) mass is 235 g/mol. The molecule has 0 amide bonds. The second kappa shape index (κ2) is 6.68. The summed E-state index contributed by atoms with van der Waals surface area (Å²) in [6.07, 6.45) is -0.370. The van der Waals surface area contributed by atoms with Crippen LogP contribution in [0.25, 0.3) is 0 Å². The van der Waals surface area contributed by atoms with Gasteiger partial charge in [0.2, 0.25) is 0 Å². The molecule has 0 aliphatic heterocycles. The van der Waals surface area contributed by atoms with Crippen molar-refractivity contribution >= 4 is 23.7 Å². The lowest BCUT2D eigenvalue weighted by molar-refractivity contribution is -0.142. The van der Waals surface area contributed by atoms with Crippen LogP contribution in [0, 0.1) is 5.92 Å². The number of thioether (sulfide) groups is 1. The summed E-state index contributed by atoms with van der Waals surface area (Å²) in [6, 6.07) is -0.106. The third-order valence-corrected chi connectivity index (χ3v) is 3.33. The molecule has 0 heterocycles. The van der Waals surface area contributed by atoms with E-state index in [1.54, 1.807) is 0 Å². The van der Waals surface area contributed by atoms with Gasteiger partial charge in [0.15, 0.2) is 0 Å². The summed E-state index contributed by atoms with van der Waals surface area (Å²) in [5.41, 5.74) is 5.73. The van der Waals surface area contributed by atoms with Gasteiger partial charge in [0.05, 0.1) is 6.42 Å². The third kappa shape index (κ3) is 6.35. The number of hydrogen-bond donors (Lipinski definition) is 3. The lowest BCUT2D eigenvalue weighted by atomic mass is 10.1. The van der Waals surface area contributed by atoms with Gasteiger partial charge in [-0.2, -0.15) is 0 Å². The maximum Gasteiger partial charge on any atom is 0.317 e. The van der Waals surface area contributed by atoms with Crippen LogP contribution in [0.3, 0.4) is 0 Å². The Labute approximate surface area is 93.0 Å². The number of carbonyl (C=O) groups is 2. The number of nitrogens with two attached hydrogens (primary N) is 1. The highest BCUT2D eigenvalue weighted by Crippen LogP contribution is 2.17. The quantitative estimate of drug-likeness (QED) is 0.598. The summed E-state index contributed by atoms with van der Waals surface area (Å²) in [4.78, 5) is 21.1. The zero-order valence-corrected chi connectivity index (χ0v) is 9.66. The van der Waals surface area contributed by atoms with E-state index in [9.17, 15) is 9.59 Å². The summed E-state index contributed by atoms with van der Waals surface area (Å²) in [6.45, 7) is 3.89. The molecule has 0 aromatic carbocycles. The Morgan fingerprint density at radius 2 is 1.87 bits per heavy atom. The Bertz CT molecular complexity index is 232. The van der Waals surface area contributed by atoms with E-state index >= 15 is 0 Å². The summed E-state index contributed by atoms with van der Waals surface area (Å²) in [7, 11) is 0. The van der Waals surface area contributed by atoms with E-state index in [1.165, 1.54) is 0 Å². The topological polar surface area (TPSA) is 101 Å². The Balaban J connectivity index is 4.07. The van der Waals surface area contributed by atoms with Crippen molar-refractivity contribution in [2.45, 2.75) is 31.6 Å².